The average molecular weight is 263 g/mol. The molecule has 19 heavy (non-hydrogen) atoms. The van der Waals surface area contributed by atoms with Crippen molar-refractivity contribution in [1.82, 2.24) is 14.9 Å². The number of nitrogens with one attached hydrogen (secondary N) is 1. The summed E-state index contributed by atoms with van der Waals surface area (Å²) in [4.78, 5) is 16.8. The third kappa shape index (κ3) is 2.52. The van der Waals surface area contributed by atoms with Crippen LogP contribution in [0.2, 0.25) is 0 Å². The van der Waals surface area contributed by atoms with Crippen LogP contribution in [0.3, 0.4) is 0 Å². The molecule has 1 N–H and O–H groups in total. The van der Waals surface area contributed by atoms with E-state index in [0.29, 0.717) is 12.6 Å². The Morgan fingerprint density at radius 1 is 1.47 bits per heavy atom. The van der Waals surface area contributed by atoms with Gasteiger partial charge < -0.3 is 9.30 Å². The van der Waals surface area contributed by atoms with Crippen molar-refractivity contribution in [3.8, 4) is 0 Å². The van der Waals surface area contributed by atoms with Gasteiger partial charge in [0.15, 0.2) is 0 Å². The van der Waals surface area contributed by atoms with Crippen molar-refractivity contribution in [3.63, 3.8) is 0 Å². The van der Waals surface area contributed by atoms with Crippen LogP contribution in [-0.4, -0.2) is 27.2 Å². The van der Waals surface area contributed by atoms with Crippen molar-refractivity contribution < 1.29 is 9.53 Å². The summed E-state index contributed by atoms with van der Waals surface area (Å²) in [5, 5.41) is 3.30. The predicted molar refractivity (Wildman–Crippen MR) is 70.5 cm³/mol. The second-order valence-corrected chi connectivity index (χ2v) is 6.49. The first-order valence-corrected chi connectivity index (χ1v) is 6.93. The summed E-state index contributed by atoms with van der Waals surface area (Å²) in [5.41, 5.74) is -0.445. The van der Waals surface area contributed by atoms with Gasteiger partial charge in [-0.3, -0.25) is 10.1 Å². The van der Waals surface area contributed by atoms with Gasteiger partial charge in [0.05, 0.1) is 6.67 Å². The third-order valence-electron chi connectivity index (χ3n) is 3.68. The minimum absolute atomic E-state index is 0.151. The second-order valence-electron chi connectivity index (χ2n) is 6.49. The van der Waals surface area contributed by atoms with Gasteiger partial charge in [-0.1, -0.05) is 0 Å². The molecule has 3 rings (SSSR count). The molecule has 5 heteroatoms. The Bertz CT molecular complexity index is 485. The molecular weight excluding hydrogens is 242 g/mol. The van der Waals surface area contributed by atoms with E-state index in [9.17, 15) is 4.79 Å². The van der Waals surface area contributed by atoms with Crippen molar-refractivity contribution in [2.45, 2.75) is 57.8 Å². The largest absolute Gasteiger partial charge is 0.459 e. The highest BCUT2D eigenvalue weighted by atomic mass is 16.6. The molecule has 1 fully saturated rings. The van der Waals surface area contributed by atoms with E-state index in [-0.39, 0.29) is 17.9 Å². The number of imidazole rings is 1. The molecular formula is C14H21N3O2. The summed E-state index contributed by atoms with van der Waals surface area (Å²) in [6.07, 6.45) is 6.13. The molecule has 2 aliphatic rings. The Balaban J connectivity index is 1.84. The lowest BCUT2D eigenvalue weighted by molar-refractivity contribution is -0.159. The predicted octanol–water partition coefficient (Wildman–Crippen LogP) is 1.65. The van der Waals surface area contributed by atoms with Gasteiger partial charge in [-0.15, -0.1) is 0 Å². The summed E-state index contributed by atoms with van der Waals surface area (Å²) in [6, 6.07) is -0.262. The topological polar surface area (TPSA) is 56.1 Å². The Kier molecular flexibility index (Phi) is 2.89. The van der Waals surface area contributed by atoms with Crippen molar-refractivity contribution in [1.29, 1.82) is 0 Å². The van der Waals surface area contributed by atoms with E-state index in [1.807, 2.05) is 33.2 Å². The number of hydrogen-bond acceptors (Lipinski definition) is 4. The summed E-state index contributed by atoms with van der Waals surface area (Å²) in [7, 11) is 0. The fraction of sp³-hybridized carbons (Fsp3) is 0.714. The van der Waals surface area contributed by atoms with Crippen LogP contribution in [0.4, 0.5) is 0 Å². The quantitative estimate of drug-likeness (QED) is 0.824. The molecule has 2 heterocycles. The molecule has 2 unspecified atom stereocenters. The van der Waals surface area contributed by atoms with E-state index in [1.54, 1.807) is 0 Å². The maximum atomic E-state index is 12.4. The number of nitrogens with zero attached hydrogens (tertiary/aromatic N) is 2. The maximum absolute atomic E-state index is 12.4. The Morgan fingerprint density at radius 3 is 2.84 bits per heavy atom. The van der Waals surface area contributed by atoms with E-state index < -0.39 is 5.60 Å². The fourth-order valence-corrected chi connectivity index (χ4v) is 2.76. The van der Waals surface area contributed by atoms with E-state index in [1.165, 1.54) is 12.8 Å². The van der Waals surface area contributed by atoms with E-state index >= 15 is 0 Å². The van der Waals surface area contributed by atoms with Gasteiger partial charge in [0.25, 0.3) is 0 Å². The Hall–Kier alpha value is -1.36. The number of ether oxygens (including phenoxy) is 1. The van der Waals surface area contributed by atoms with Crippen molar-refractivity contribution in [2.24, 2.45) is 5.92 Å². The zero-order valence-electron chi connectivity index (χ0n) is 11.7. The Morgan fingerprint density at radius 2 is 2.21 bits per heavy atom. The molecule has 1 saturated carbocycles. The normalized spacial score (nSPS) is 26.9. The number of fused-ring (bicyclic) bond motifs is 1. The SMILES string of the molecule is CC(C)(C)OC(=O)C1NCn2ccnc2C1C1CC1. The van der Waals surface area contributed by atoms with Crippen molar-refractivity contribution in [3.05, 3.63) is 18.2 Å². The molecule has 0 radical (unpaired) electrons. The molecule has 2 atom stereocenters. The van der Waals surface area contributed by atoms with Gasteiger partial charge in [0, 0.05) is 18.3 Å². The lowest BCUT2D eigenvalue weighted by atomic mass is 9.92. The van der Waals surface area contributed by atoms with Gasteiger partial charge >= 0.3 is 5.97 Å². The van der Waals surface area contributed by atoms with Crippen molar-refractivity contribution in [2.75, 3.05) is 0 Å². The van der Waals surface area contributed by atoms with Gasteiger partial charge in [-0.2, -0.15) is 0 Å². The van der Waals surface area contributed by atoms with Crippen LogP contribution < -0.4 is 5.32 Å². The van der Waals surface area contributed by atoms with Crippen LogP contribution in [0.5, 0.6) is 0 Å². The summed E-state index contributed by atoms with van der Waals surface area (Å²) < 4.78 is 7.63. The average Bonchev–Trinajstić information content (AvgIpc) is 3.02. The molecule has 5 nitrogen and oxygen atoms in total. The van der Waals surface area contributed by atoms with Crippen LogP contribution in [0.1, 0.15) is 45.4 Å². The van der Waals surface area contributed by atoms with Gasteiger partial charge in [-0.25, -0.2) is 4.98 Å². The second kappa shape index (κ2) is 4.34. The van der Waals surface area contributed by atoms with Crippen molar-refractivity contribution >= 4 is 5.97 Å². The minimum atomic E-state index is -0.445. The van der Waals surface area contributed by atoms with E-state index in [4.69, 9.17) is 4.74 Å². The highest BCUT2D eigenvalue weighted by Gasteiger charge is 2.46. The Labute approximate surface area is 113 Å². The first-order chi connectivity index (χ1) is 8.96. The van der Waals surface area contributed by atoms with Crippen LogP contribution in [0, 0.1) is 5.92 Å². The molecule has 0 saturated heterocycles. The monoisotopic (exact) mass is 263 g/mol. The maximum Gasteiger partial charge on any atom is 0.324 e. The van der Waals surface area contributed by atoms with Gasteiger partial charge in [0.2, 0.25) is 0 Å². The molecule has 0 spiro atoms. The molecule has 0 amide bonds. The van der Waals surface area contributed by atoms with Crippen LogP contribution in [0.15, 0.2) is 12.4 Å². The number of rotatable bonds is 2. The van der Waals surface area contributed by atoms with Gasteiger partial charge in [0.1, 0.15) is 17.5 Å². The molecule has 1 aromatic heterocycles. The van der Waals surface area contributed by atoms with Gasteiger partial charge in [-0.05, 0) is 39.5 Å². The highest BCUT2D eigenvalue weighted by Crippen LogP contribution is 2.45. The molecule has 104 valence electrons. The number of aromatic nitrogens is 2. The molecule has 1 aromatic rings. The van der Waals surface area contributed by atoms with E-state index in [0.717, 1.165) is 5.82 Å². The fourth-order valence-electron chi connectivity index (χ4n) is 2.76. The van der Waals surface area contributed by atoms with E-state index in [2.05, 4.69) is 14.9 Å². The lowest BCUT2D eigenvalue weighted by Gasteiger charge is -2.33. The first kappa shape index (κ1) is 12.7. The summed E-state index contributed by atoms with van der Waals surface area (Å²) >= 11 is 0. The number of carbonyl (C=O) groups excluding carboxylic acids is 1. The lowest BCUT2D eigenvalue weighted by Crippen LogP contribution is -2.50. The molecule has 1 aliphatic heterocycles. The minimum Gasteiger partial charge on any atom is -0.459 e. The molecule has 1 aliphatic carbocycles. The van der Waals surface area contributed by atoms with Crippen LogP contribution in [-0.2, 0) is 16.2 Å². The van der Waals surface area contributed by atoms with Crippen LogP contribution >= 0.6 is 0 Å². The number of hydrogen-bond donors (Lipinski definition) is 1. The zero-order chi connectivity index (χ0) is 13.6. The first-order valence-electron chi connectivity index (χ1n) is 6.93. The standard InChI is InChI=1S/C14H21N3O2/c1-14(2,3)19-13(18)11-10(9-4-5-9)12-15-6-7-17(12)8-16-11/h6-7,9-11,16H,4-5,8H2,1-3H3. The van der Waals surface area contributed by atoms with Crippen LogP contribution in [0.25, 0.3) is 0 Å². The number of carbonyl (C=O) groups is 1. The molecule has 0 bridgehead atoms. The third-order valence-corrected chi connectivity index (χ3v) is 3.68. The smallest absolute Gasteiger partial charge is 0.324 e. The zero-order valence-corrected chi connectivity index (χ0v) is 11.7. The molecule has 0 aromatic carbocycles. The number of esters is 1. The summed E-state index contributed by atoms with van der Waals surface area (Å²) in [6.45, 7) is 6.34. The summed E-state index contributed by atoms with van der Waals surface area (Å²) in [5.74, 6) is 1.58. The highest BCUT2D eigenvalue weighted by molar-refractivity contribution is 5.77.